The Kier molecular flexibility index (Phi) is 5.31. The van der Waals surface area contributed by atoms with Gasteiger partial charge in [0.15, 0.2) is 9.84 Å². The molecule has 2 heterocycles. The third kappa shape index (κ3) is 4.94. The van der Waals surface area contributed by atoms with Crippen LogP contribution >= 0.6 is 0 Å². The number of anilines is 1. The quantitative estimate of drug-likeness (QED) is 0.605. The molecular formula is C18H19NO7S. The Labute approximate surface area is 155 Å². The number of fused-ring (bicyclic) bond motifs is 1. The molecule has 2 aromatic rings. The van der Waals surface area contributed by atoms with Gasteiger partial charge in [0.25, 0.3) is 0 Å². The minimum atomic E-state index is -3.05. The first-order chi connectivity index (χ1) is 12.7. The lowest BCUT2D eigenvalue weighted by Gasteiger charge is -2.10. The maximum atomic E-state index is 12.0. The van der Waals surface area contributed by atoms with Gasteiger partial charge < -0.3 is 14.5 Å². The molecule has 9 heteroatoms. The number of amides is 1. The highest BCUT2D eigenvalue weighted by Gasteiger charge is 2.29. The average molecular weight is 393 g/mol. The largest absolute Gasteiger partial charge is 0.461 e. The summed E-state index contributed by atoms with van der Waals surface area (Å²) in [7, 11) is -3.05. The fraction of sp³-hybridized carbons (Fsp3) is 0.389. The van der Waals surface area contributed by atoms with Crippen molar-refractivity contribution in [3.63, 3.8) is 0 Å². The fourth-order valence-corrected chi connectivity index (χ4v) is 4.98. The monoisotopic (exact) mass is 393 g/mol. The van der Waals surface area contributed by atoms with Gasteiger partial charge in [0.1, 0.15) is 12.2 Å². The molecule has 0 aliphatic carbocycles. The molecule has 0 unspecified atom stereocenters. The van der Waals surface area contributed by atoms with Crippen molar-refractivity contribution in [1.29, 1.82) is 0 Å². The van der Waals surface area contributed by atoms with Crippen LogP contribution in [0.5, 0.6) is 0 Å². The first-order valence-electron chi connectivity index (χ1n) is 8.42. The summed E-state index contributed by atoms with van der Waals surface area (Å²) in [6, 6.07) is 6.08. The lowest BCUT2D eigenvalue weighted by Crippen LogP contribution is -2.13. The molecule has 144 valence electrons. The fourth-order valence-electron chi connectivity index (χ4n) is 3.12. The van der Waals surface area contributed by atoms with Gasteiger partial charge in [-0.15, -0.1) is 0 Å². The number of ether oxygens (including phenoxy) is 1. The Hall–Kier alpha value is -2.68. The Bertz CT molecular complexity index is 1060. The van der Waals surface area contributed by atoms with E-state index in [1.165, 1.54) is 19.1 Å². The van der Waals surface area contributed by atoms with Crippen molar-refractivity contribution >= 4 is 38.4 Å². The van der Waals surface area contributed by atoms with E-state index in [9.17, 15) is 22.8 Å². The van der Waals surface area contributed by atoms with Crippen LogP contribution in [0.3, 0.4) is 0 Å². The minimum Gasteiger partial charge on any atom is -0.461 e. The van der Waals surface area contributed by atoms with Gasteiger partial charge in [0, 0.05) is 42.1 Å². The van der Waals surface area contributed by atoms with Crippen molar-refractivity contribution < 1.29 is 27.2 Å². The summed E-state index contributed by atoms with van der Waals surface area (Å²) in [5.74, 6) is -0.873. The van der Waals surface area contributed by atoms with Gasteiger partial charge in [-0.1, -0.05) is 0 Å². The van der Waals surface area contributed by atoms with Crippen LogP contribution in [0.2, 0.25) is 0 Å². The third-order valence-corrected chi connectivity index (χ3v) is 6.16. The smallest absolute Gasteiger partial charge is 0.336 e. The van der Waals surface area contributed by atoms with Crippen LogP contribution in [-0.4, -0.2) is 31.8 Å². The number of hydrogen-bond donors (Lipinski definition) is 1. The average Bonchev–Trinajstić information content (AvgIpc) is 2.90. The molecule has 1 aromatic carbocycles. The summed E-state index contributed by atoms with van der Waals surface area (Å²) in [5, 5.41) is 3.18. The summed E-state index contributed by atoms with van der Waals surface area (Å²) in [4.78, 5) is 34.9. The minimum absolute atomic E-state index is 0.00583. The predicted octanol–water partition coefficient (Wildman–Crippen LogP) is 1.62. The van der Waals surface area contributed by atoms with Gasteiger partial charge in [0.05, 0.1) is 11.5 Å². The summed E-state index contributed by atoms with van der Waals surface area (Å²) in [5.41, 5.74) is 0.620. The highest BCUT2D eigenvalue weighted by atomic mass is 32.2. The highest BCUT2D eigenvalue weighted by Crippen LogP contribution is 2.24. The topological polar surface area (TPSA) is 120 Å². The van der Waals surface area contributed by atoms with Gasteiger partial charge in [-0.2, -0.15) is 0 Å². The number of esters is 1. The standard InChI is InChI=1S/C18H19NO7S/c1-11(20)19-14-2-3-15-13(7-18(22)26-16(15)8-14)9-25-17(21)6-12-4-5-27(23,24)10-12/h2-3,7-8,12H,4-6,9-10H2,1H3,(H,19,20)/t12-/m0/s1. The van der Waals surface area contributed by atoms with E-state index in [4.69, 9.17) is 9.15 Å². The first kappa shape index (κ1) is 19.1. The number of hydrogen-bond acceptors (Lipinski definition) is 7. The molecule has 0 spiro atoms. The van der Waals surface area contributed by atoms with Crippen LogP contribution in [0.25, 0.3) is 11.0 Å². The van der Waals surface area contributed by atoms with Crippen LogP contribution in [-0.2, 0) is 30.8 Å². The van der Waals surface area contributed by atoms with E-state index in [0.29, 0.717) is 23.1 Å². The second-order valence-electron chi connectivity index (χ2n) is 6.62. The van der Waals surface area contributed by atoms with Crippen LogP contribution in [0.15, 0.2) is 33.5 Å². The molecule has 8 nitrogen and oxygen atoms in total. The zero-order chi connectivity index (χ0) is 19.6. The van der Waals surface area contributed by atoms with Crippen LogP contribution in [0.4, 0.5) is 5.69 Å². The molecule has 1 saturated heterocycles. The predicted molar refractivity (Wildman–Crippen MR) is 98.0 cm³/mol. The Balaban J connectivity index is 1.71. The van der Waals surface area contributed by atoms with Gasteiger partial charge in [-0.3, -0.25) is 9.59 Å². The third-order valence-electron chi connectivity index (χ3n) is 4.32. The molecule has 0 saturated carbocycles. The number of sulfone groups is 1. The van der Waals surface area contributed by atoms with E-state index < -0.39 is 21.4 Å². The van der Waals surface area contributed by atoms with Crippen molar-refractivity contribution in [3.8, 4) is 0 Å². The molecule has 1 aromatic heterocycles. The molecule has 1 atom stereocenters. The summed E-state index contributed by atoms with van der Waals surface area (Å²) in [6.07, 6.45) is 0.493. The lowest BCUT2D eigenvalue weighted by molar-refractivity contribution is -0.145. The van der Waals surface area contributed by atoms with E-state index in [0.717, 1.165) is 0 Å². The second-order valence-corrected chi connectivity index (χ2v) is 8.85. The first-order valence-corrected chi connectivity index (χ1v) is 10.2. The normalized spacial score (nSPS) is 18.3. The number of carbonyl (C=O) groups is 2. The van der Waals surface area contributed by atoms with Crippen molar-refractivity contribution in [2.24, 2.45) is 5.92 Å². The zero-order valence-corrected chi connectivity index (χ0v) is 15.5. The second kappa shape index (κ2) is 7.51. The number of nitrogens with one attached hydrogen (secondary N) is 1. The van der Waals surface area contributed by atoms with Gasteiger partial charge >= 0.3 is 11.6 Å². The molecule has 1 N–H and O–H groups in total. The van der Waals surface area contributed by atoms with Crippen molar-refractivity contribution in [3.05, 3.63) is 40.2 Å². The number of benzene rings is 1. The highest BCUT2D eigenvalue weighted by molar-refractivity contribution is 7.91. The van der Waals surface area contributed by atoms with Crippen molar-refractivity contribution in [1.82, 2.24) is 0 Å². The maximum Gasteiger partial charge on any atom is 0.336 e. The van der Waals surface area contributed by atoms with Gasteiger partial charge in [0.2, 0.25) is 5.91 Å². The van der Waals surface area contributed by atoms with Crippen molar-refractivity contribution in [2.75, 3.05) is 16.8 Å². The number of rotatable bonds is 5. The van der Waals surface area contributed by atoms with E-state index in [-0.39, 0.29) is 41.9 Å². The van der Waals surface area contributed by atoms with Gasteiger partial charge in [-0.05, 0) is 24.5 Å². The summed E-state index contributed by atoms with van der Waals surface area (Å²) >= 11 is 0. The number of carbonyl (C=O) groups excluding carboxylic acids is 2. The Morgan fingerprint density at radius 2 is 2.07 bits per heavy atom. The molecule has 3 rings (SSSR count). The van der Waals surface area contributed by atoms with Crippen molar-refractivity contribution in [2.45, 2.75) is 26.4 Å². The molecule has 1 fully saturated rings. The molecule has 1 aliphatic heterocycles. The molecular weight excluding hydrogens is 374 g/mol. The maximum absolute atomic E-state index is 12.0. The van der Waals surface area contributed by atoms with Crippen LogP contribution in [0.1, 0.15) is 25.3 Å². The Morgan fingerprint density at radius 3 is 2.74 bits per heavy atom. The molecule has 0 bridgehead atoms. The zero-order valence-electron chi connectivity index (χ0n) is 14.7. The molecule has 27 heavy (non-hydrogen) atoms. The van der Waals surface area contributed by atoms with E-state index in [1.807, 2.05) is 0 Å². The Morgan fingerprint density at radius 1 is 1.30 bits per heavy atom. The summed E-state index contributed by atoms with van der Waals surface area (Å²) in [6.45, 7) is 1.24. The molecule has 0 radical (unpaired) electrons. The molecule has 1 aliphatic rings. The van der Waals surface area contributed by atoms with Crippen LogP contribution in [0, 0.1) is 5.92 Å². The summed E-state index contributed by atoms with van der Waals surface area (Å²) < 4.78 is 33.3. The van der Waals surface area contributed by atoms with E-state index in [2.05, 4.69) is 5.32 Å². The van der Waals surface area contributed by atoms with E-state index in [1.54, 1.807) is 12.1 Å². The van der Waals surface area contributed by atoms with Gasteiger partial charge in [-0.25, -0.2) is 13.2 Å². The molecule has 1 amide bonds. The SMILES string of the molecule is CC(=O)Nc1ccc2c(COC(=O)C[C@@H]3CCS(=O)(=O)C3)cc(=O)oc2c1. The van der Waals surface area contributed by atoms with E-state index >= 15 is 0 Å². The lowest BCUT2D eigenvalue weighted by atomic mass is 10.1. The van der Waals surface area contributed by atoms with Crippen LogP contribution < -0.4 is 10.9 Å².